The molecule has 1 fully saturated rings. The molecule has 138 valence electrons. The third-order valence-electron chi connectivity index (χ3n) is 5.03. The maximum atomic E-state index is 11.4. The highest BCUT2D eigenvalue weighted by molar-refractivity contribution is 5.89. The molecule has 3 rings (SSSR count). The van der Waals surface area contributed by atoms with Gasteiger partial charge in [-0.15, -0.1) is 0 Å². The summed E-state index contributed by atoms with van der Waals surface area (Å²) in [5.74, 6) is -0.915. The molecule has 1 unspecified atom stereocenters. The second-order valence-electron chi connectivity index (χ2n) is 6.97. The van der Waals surface area contributed by atoms with Gasteiger partial charge in [0.25, 0.3) is 0 Å². The largest absolute Gasteiger partial charge is 0.478 e. The van der Waals surface area contributed by atoms with Gasteiger partial charge in [-0.2, -0.15) is 0 Å². The zero-order valence-electron chi connectivity index (χ0n) is 15.0. The van der Waals surface area contributed by atoms with Crippen LogP contribution in [0.5, 0.6) is 0 Å². The van der Waals surface area contributed by atoms with Crippen LogP contribution >= 0.6 is 0 Å². The zero-order valence-corrected chi connectivity index (χ0v) is 15.0. The first-order valence-electron chi connectivity index (χ1n) is 8.86. The predicted molar refractivity (Wildman–Crippen MR) is 99.3 cm³/mol. The van der Waals surface area contributed by atoms with Crippen LogP contribution in [-0.4, -0.2) is 53.0 Å². The number of benzene rings is 2. The molecule has 0 spiro atoms. The molecule has 5 nitrogen and oxygen atoms in total. The fourth-order valence-corrected chi connectivity index (χ4v) is 3.58. The van der Waals surface area contributed by atoms with Crippen LogP contribution < -0.4 is 0 Å². The molecule has 1 aliphatic rings. The van der Waals surface area contributed by atoms with Gasteiger partial charge in [-0.05, 0) is 29.7 Å². The van der Waals surface area contributed by atoms with Gasteiger partial charge in [0.05, 0.1) is 18.8 Å². The van der Waals surface area contributed by atoms with Crippen molar-refractivity contribution < 1.29 is 19.7 Å². The van der Waals surface area contributed by atoms with Crippen LogP contribution in [0.3, 0.4) is 0 Å². The number of rotatable bonds is 6. The normalized spacial score (nSPS) is 20.8. The van der Waals surface area contributed by atoms with Gasteiger partial charge < -0.3 is 14.9 Å². The van der Waals surface area contributed by atoms with Gasteiger partial charge >= 0.3 is 5.97 Å². The van der Waals surface area contributed by atoms with Crippen LogP contribution in [0.1, 0.15) is 27.0 Å². The van der Waals surface area contributed by atoms with Crippen molar-refractivity contribution in [2.24, 2.45) is 0 Å². The molecular formula is C21H25NO4. The second-order valence-corrected chi connectivity index (χ2v) is 6.97. The van der Waals surface area contributed by atoms with E-state index in [-0.39, 0.29) is 6.61 Å². The van der Waals surface area contributed by atoms with Crippen molar-refractivity contribution in [2.75, 3.05) is 26.3 Å². The Labute approximate surface area is 153 Å². The SMILES string of the molecule is Cc1ccccc1CC1(CO)CN(Cc2ccccc2C(=O)O)CCO1. The molecule has 0 radical (unpaired) electrons. The maximum Gasteiger partial charge on any atom is 0.336 e. The second kappa shape index (κ2) is 7.99. The summed E-state index contributed by atoms with van der Waals surface area (Å²) in [4.78, 5) is 13.6. The van der Waals surface area contributed by atoms with Crippen LogP contribution in [0, 0.1) is 6.92 Å². The number of nitrogens with zero attached hydrogens (tertiary/aromatic N) is 1. The molecule has 2 aromatic rings. The minimum atomic E-state index is -0.915. The molecule has 1 atom stereocenters. The number of aryl methyl sites for hydroxylation is 1. The average Bonchev–Trinajstić information content (AvgIpc) is 2.64. The first-order valence-corrected chi connectivity index (χ1v) is 8.86. The lowest BCUT2D eigenvalue weighted by molar-refractivity contribution is -0.134. The molecule has 0 aromatic heterocycles. The molecule has 0 amide bonds. The predicted octanol–water partition coefficient (Wildman–Crippen LogP) is 2.50. The lowest BCUT2D eigenvalue weighted by Crippen LogP contribution is -2.55. The van der Waals surface area contributed by atoms with Gasteiger partial charge in [0.1, 0.15) is 5.60 Å². The van der Waals surface area contributed by atoms with E-state index in [0.29, 0.717) is 38.2 Å². The van der Waals surface area contributed by atoms with Crippen LogP contribution in [0.15, 0.2) is 48.5 Å². The van der Waals surface area contributed by atoms with E-state index >= 15 is 0 Å². The fourth-order valence-electron chi connectivity index (χ4n) is 3.58. The Hall–Kier alpha value is -2.21. The smallest absolute Gasteiger partial charge is 0.336 e. The van der Waals surface area contributed by atoms with E-state index < -0.39 is 11.6 Å². The third kappa shape index (κ3) is 4.12. The molecule has 2 aromatic carbocycles. The van der Waals surface area contributed by atoms with Crippen molar-refractivity contribution in [2.45, 2.75) is 25.5 Å². The van der Waals surface area contributed by atoms with Crippen molar-refractivity contribution >= 4 is 5.97 Å². The minimum absolute atomic E-state index is 0.0710. The maximum absolute atomic E-state index is 11.4. The van der Waals surface area contributed by atoms with Crippen LogP contribution in [0.2, 0.25) is 0 Å². The number of hydrogen-bond donors (Lipinski definition) is 2. The van der Waals surface area contributed by atoms with E-state index in [1.165, 1.54) is 5.56 Å². The van der Waals surface area contributed by atoms with E-state index in [9.17, 15) is 15.0 Å². The number of carboxylic acids is 1. The van der Waals surface area contributed by atoms with E-state index in [2.05, 4.69) is 24.0 Å². The van der Waals surface area contributed by atoms with E-state index in [0.717, 1.165) is 11.1 Å². The Kier molecular flexibility index (Phi) is 5.71. The average molecular weight is 355 g/mol. The summed E-state index contributed by atoms with van der Waals surface area (Å²) < 4.78 is 6.01. The Morgan fingerprint density at radius 1 is 1.15 bits per heavy atom. The standard InChI is InChI=1S/C21H25NO4/c1-16-6-2-3-7-17(16)12-21(15-23)14-22(10-11-26-21)13-18-8-4-5-9-19(18)20(24)25/h2-9,23H,10-15H2,1H3,(H,24,25). The van der Waals surface area contributed by atoms with E-state index in [1.54, 1.807) is 12.1 Å². The summed E-state index contributed by atoms with van der Waals surface area (Å²) in [6.07, 6.45) is 0.632. The summed E-state index contributed by atoms with van der Waals surface area (Å²) in [5.41, 5.74) is 2.78. The number of aliphatic hydroxyl groups excluding tert-OH is 1. The topological polar surface area (TPSA) is 70.0 Å². The van der Waals surface area contributed by atoms with Gasteiger partial charge in [0.15, 0.2) is 0 Å². The lowest BCUT2D eigenvalue weighted by atomic mass is 9.90. The Balaban J connectivity index is 1.77. The summed E-state index contributed by atoms with van der Waals surface area (Å²) in [5, 5.41) is 19.5. The van der Waals surface area contributed by atoms with Crippen molar-refractivity contribution in [1.82, 2.24) is 4.90 Å². The number of carboxylic acid groups (broad SMARTS) is 1. The van der Waals surface area contributed by atoms with Crippen LogP contribution in [0.25, 0.3) is 0 Å². The number of hydrogen-bond acceptors (Lipinski definition) is 4. The minimum Gasteiger partial charge on any atom is -0.478 e. The molecule has 26 heavy (non-hydrogen) atoms. The summed E-state index contributed by atoms with van der Waals surface area (Å²) in [7, 11) is 0. The zero-order chi connectivity index (χ0) is 18.6. The molecule has 1 heterocycles. The van der Waals surface area contributed by atoms with Gasteiger partial charge in [-0.3, -0.25) is 4.90 Å². The number of morpholine rings is 1. The molecule has 2 N–H and O–H groups in total. The van der Waals surface area contributed by atoms with Crippen molar-refractivity contribution in [3.05, 3.63) is 70.8 Å². The Morgan fingerprint density at radius 2 is 1.85 bits per heavy atom. The molecule has 5 heteroatoms. The van der Waals surface area contributed by atoms with Gasteiger partial charge in [-0.25, -0.2) is 4.79 Å². The van der Waals surface area contributed by atoms with E-state index in [1.807, 2.05) is 24.3 Å². The summed E-state index contributed by atoms with van der Waals surface area (Å²) in [6.45, 7) is 4.31. The van der Waals surface area contributed by atoms with Crippen molar-refractivity contribution in [1.29, 1.82) is 0 Å². The number of carbonyl (C=O) groups is 1. The Morgan fingerprint density at radius 3 is 2.54 bits per heavy atom. The first kappa shape index (κ1) is 18.6. The number of aromatic carboxylic acids is 1. The molecule has 1 saturated heterocycles. The summed E-state index contributed by atoms with van der Waals surface area (Å²) >= 11 is 0. The molecule has 0 saturated carbocycles. The molecule has 1 aliphatic heterocycles. The van der Waals surface area contributed by atoms with Crippen LogP contribution in [-0.2, 0) is 17.7 Å². The monoisotopic (exact) mass is 355 g/mol. The highest BCUT2D eigenvalue weighted by Gasteiger charge is 2.37. The summed E-state index contributed by atoms with van der Waals surface area (Å²) in [6, 6.07) is 15.2. The van der Waals surface area contributed by atoms with Gasteiger partial charge in [0.2, 0.25) is 0 Å². The highest BCUT2D eigenvalue weighted by atomic mass is 16.5. The molecule has 0 bridgehead atoms. The fraction of sp³-hybridized carbons (Fsp3) is 0.381. The highest BCUT2D eigenvalue weighted by Crippen LogP contribution is 2.26. The van der Waals surface area contributed by atoms with Crippen LogP contribution in [0.4, 0.5) is 0 Å². The third-order valence-corrected chi connectivity index (χ3v) is 5.03. The van der Waals surface area contributed by atoms with E-state index in [4.69, 9.17) is 4.74 Å². The first-order chi connectivity index (χ1) is 12.5. The molecule has 0 aliphatic carbocycles. The number of aliphatic hydroxyl groups is 1. The number of ether oxygens (including phenoxy) is 1. The van der Waals surface area contributed by atoms with Gasteiger partial charge in [0, 0.05) is 26.1 Å². The lowest BCUT2D eigenvalue weighted by Gasteiger charge is -2.42. The van der Waals surface area contributed by atoms with Crippen molar-refractivity contribution in [3.8, 4) is 0 Å². The van der Waals surface area contributed by atoms with Gasteiger partial charge in [-0.1, -0.05) is 42.5 Å². The quantitative estimate of drug-likeness (QED) is 0.833. The van der Waals surface area contributed by atoms with Crippen molar-refractivity contribution in [3.63, 3.8) is 0 Å². The molecular weight excluding hydrogens is 330 g/mol. The Bertz CT molecular complexity index is 776.